The van der Waals surface area contributed by atoms with Crippen molar-refractivity contribution in [1.29, 1.82) is 0 Å². The van der Waals surface area contributed by atoms with Gasteiger partial charge < -0.3 is 72.1 Å². The number of thioether (sulfide) groups is 1. The predicted molar refractivity (Wildman–Crippen MR) is 311 cm³/mol. The fourth-order valence-corrected chi connectivity index (χ4v) is 14.9. The number of aliphatic hydroxyl groups excluding tert-OH is 2. The number of ether oxygens (including phenoxy) is 11. The molecular formula is C60H87Cl2N3O18S. The smallest absolute Gasteiger partial charge is 0.320 e. The van der Waals surface area contributed by atoms with Crippen LogP contribution in [-0.4, -0.2) is 205 Å². The average molecular weight is 1240 g/mol. The number of morpholine rings is 1. The Hall–Kier alpha value is -3.91. The van der Waals surface area contributed by atoms with Crippen molar-refractivity contribution in [2.24, 2.45) is 29.6 Å². The van der Waals surface area contributed by atoms with Crippen LogP contribution in [0.4, 0.5) is 4.79 Å². The molecule has 2 amide bonds. The van der Waals surface area contributed by atoms with E-state index in [4.69, 9.17) is 75.3 Å². The Morgan fingerprint density at radius 3 is 2.18 bits per heavy atom. The van der Waals surface area contributed by atoms with Crippen molar-refractivity contribution in [2.75, 3.05) is 67.0 Å². The van der Waals surface area contributed by atoms with E-state index >= 15 is 9.59 Å². The molecule has 470 valence electrons. The van der Waals surface area contributed by atoms with Gasteiger partial charge in [0, 0.05) is 100 Å². The molecule has 2 aromatic rings. The third-order valence-electron chi connectivity index (χ3n) is 18.1. The van der Waals surface area contributed by atoms with E-state index in [1.54, 1.807) is 78.6 Å². The van der Waals surface area contributed by atoms with Gasteiger partial charge in [0.05, 0.1) is 84.6 Å². The lowest BCUT2D eigenvalue weighted by Gasteiger charge is -2.50. The second-order valence-electron chi connectivity index (χ2n) is 23.8. The summed E-state index contributed by atoms with van der Waals surface area (Å²) in [6, 6.07) is 3.76. The van der Waals surface area contributed by atoms with Crippen molar-refractivity contribution in [3.05, 3.63) is 51.8 Å². The molecule has 0 spiro atoms. The molecule has 1 aromatic heterocycles. The minimum Gasteiger partial charge on any atom is -0.493 e. The molecule has 21 nitrogen and oxygen atoms in total. The van der Waals surface area contributed by atoms with Crippen LogP contribution in [0.2, 0.25) is 10.0 Å². The van der Waals surface area contributed by atoms with Gasteiger partial charge in [0.1, 0.15) is 29.3 Å². The number of pyridine rings is 1. The Kier molecular flexibility index (Phi) is 22.9. The maximum absolute atomic E-state index is 15.4. The van der Waals surface area contributed by atoms with Crippen molar-refractivity contribution in [2.45, 2.75) is 185 Å². The SMILES string of the molecule is CC[C@H]1OC(=O)[C@H](C)[C@@H](O[C@H]2C[C@@](C)(OC)[C@@H](O)[C@H](C)O2)[C@H](C)[C@@H](O[C@@H]2O[C@H](C)C[C@H](N(C)C(=O)N3CCOCC3)[C@H]2O)[C@](C)(OC)C[C@@H](C)C(=O)[C@H](C)[C@H]2C(SCCOc3cc(C(=O)Cc4c(Cl)cncc4Cl)ccc3OC)C(=O)O[C@@]21C. The molecule has 24 heteroatoms. The molecule has 19 atom stereocenters. The van der Waals surface area contributed by atoms with E-state index in [0.29, 0.717) is 43.2 Å². The third-order valence-corrected chi connectivity index (χ3v) is 20.0. The highest BCUT2D eigenvalue weighted by Crippen LogP contribution is 2.50. The molecule has 84 heavy (non-hydrogen) atoms. The van der Waals surface area contributed by atoms with Gasteiger partial charge in [0.15, 0.2) is 35.5 Å². The van der Waals surface area contributed by atoms with E-state index in [2.05, 4.69) is 4.98 Å². The Balaban J connectivity index is 1.22. The van der Waals surface area contributed by atoms with Crippen molar-refractivity contribution >= 4 is 64.5 Å². The van der Waals surface area contributed by atoms with E-state index in [9.17, 15) is 24.6 Å². The monoisotopic (exact) mass is 1240 g/mol. The zero-order chi connectivity index (χ0) is 61.7. The molecule has 5 aliphatic rings. The predicted octanol–water partition coefficient (Wildman–Crippen LogP) is 7.40. The first-order valence-corrected chi connectivity index (χ1v) is 30.9. The number of carbonyl (C=O) groups excluding carboxylic acids is 5. The number of carbonyl (C=O) groups is 5. The van der Waals surface area contributed by atoms with Crippen LogP contribution in [0.25, 0.3) is 0 Å². The topological polar surface area (TPSA) is 247 Å². The van der Waals surface area contributed by atoms with E-state index in [1.165, 1.54) is 50.4 Å². The Bertz CT molecular complexity index is 2620. The number of halogens is 2. The maximum atomic E-state index is 15.4. The number of Topliss-reactive ketones (excluding diaryl/α,β-unsaturated/α-hetero) is 2. The highest BCUT2D eigenvalue weighted by Gasteiger charge is 2.62. The number of likely N-dealkylation sites (N-methyl/N-ethyl adjacent to an activating group) is 1. The van der Waals surface area contributed by atoms with Crippen molar-refractivity contribution in [3.63, 3.8) is 0 Å². The number of nitrogens with zero attached hydrogens (tertiary/aromatic N) is 3. The number of ketones is 2. The molecule has 5 saturated heterocycles. The fraction of sp³-hybridized carbons (Fsp3) is 0.733. The quantitative estimate of drug-likeness (QED) is 0.0890. The number of aliphatic hydroxyl groups is 2. The van der Waals surface area contributed by atoms with Gasteiger partial charge in [-0.2, -0.15) is 0 Å². The second-order valence-corrected chi connectivity index (χ2v) is 25.9. The van der Waals surface area contributed by atoms with Gasteiger partial charge in [-0.1, -0.05) is 50.9 Å². The molecule has 2 N–H and O–H groups in total. The van der Waals surface area contributed by atoms with Gasteiger partial charge in [-0.15, -0.1) is 11.8 Å². The Morgan fingerprint density at radius 1 is 0.881 bits per heavy atom. The number of urea groups is 1. The lowest BCUT2D eigenvalue weighted by atomic mass is 9.70. The maximum Gasteiger partial charge on any atom is 0.320 e. The highest BCUT2D eigenvalue weighted by atomic mass is 35.5. The number of amides is 2. The number of benzene rings is 1. The van der Waals surface area contributed by atoms with Crippen LogP contribution in [-0.2, 0) is 63.4 Å². The average Bonchev–Trinajstić information content (AvgIpc) is 2.16. The number of hydrogen-bond donors (Lipinski definition) is 2. The van der Waals surface area contributed by atoms with Gasteiger partial charge >= 0.3 is 18.0 Å². The van der Waals surface area contributed by atoms with Crippen LogP contribution in [0.3, 0.4) is 0 Å². The molecule has 6 heterocycles. The highest BCUT2D eigenvalue weighted by molar-refractivity contribution is 8.00. The van der Waals surface area contributed by atoms with Crippen LogP contribution < -0.4 is 9.47 Å². The van der Waals surface area contributed by atoms with Gasteiger partial charge in [0.2, 0.25) is 0 Å². The molecule has 5 aliphatic heterocycles. The fourth-order valence-electron chi connectivity index (χ4n) is 13.0. The van der Waals surface area contributed by atoms with Gasteiger partial charge in [-0.25, -0.2) is 4.79 Å². The minimum absolute atomic E-state index is 0.0302. The lowest BCUT2D eigenvalue weighted by molar-refractivity contribution is -0.319. The normalized spacial score (nSPS) is 37.1. The largest absolute Gasteiger partial charge is 0.493 e. The van der Waals surface area contributed by atoms with Crippen LogP contribution in [0.5, 0.6) is 11.5 Å². The molecule has 0 radical (unpaired) electrons. The number of methoxy groups -OCH3 is 3. The Morgan fingerprint density at radius 2 is 1.55 bits per heavy atom. The van der Waals surface area contributed by atoms with Crippen LogP contribution in [0, 0.1) is 29.6 Å². The molecule has 0 bridgehead atoms. The van der Waals surface area contributed by atoms with Crippen LogP contribution in [0.1, 0.15) is 111 Å². The minimum atomic E-state index is -1.52. The summed E-state index contributed by atoms with van der Waals surface area (Å²) < 4.78 is 69.5. The Labute approximate surface area is 507 Å². The molecule has 7 rings (SSSR count). The van der Waals surface area contributed by atoms with Gasteiger partial charge in [-0.3, -0.25) is 24.2 Å². The summed E-state index contributed by atoms with van der Waals surface area (Å²) in [5, 5.41) is 23.1. The van der Waals surface area contributed by atoms with E-state index in [1.807, 2.05) is 20.8 Å². The molecule has 0 saturated carbocycles. The van der Waals surface area contributed by atoms with Crippen LogP contribution in [0.15, 0.2) is 30.6 Å². The number of hydrogen-bond acceptors (Lipinski definition) is 20. The van der Waals surface area contributed by atoms with E-state index in [-0.39, 0.29) is 77.9 Å². The number of fused-ring (bicyclic) bond motifs is 1. The van der Waals surface area contributed by atoms with Gasteiger partial charge in [0.25, 0.3) is 0 Å². The van der Waals surface area contributed by atoms with Crippen LogP contribution >= 0.6 is 35.0 Å². The molecule has 0 aliphatic carbocycles. The zero-order valence-electron chi connectivity index (χ0n) is 50.8. The summed E-state index contributed by atoms with van der Waals surface area (Å²) in [5.74, 6) is -5.45. The lowest BCUT2D eigenvalue weighted by Crippen LogP contribution is -2.62. The number of aromatic nitrogens is 1. The van der Waals surface area contributed by atoms with Gasteiger partial charge in [-0.05, 0) is 79.0 Å². The van der Waals surface area contributed by atoms with E-state index in [0.717, 1.165) is 0 Å². The number of rotatable bonds is 17. The van der Waals surface area contributed by atoms with E-state index < -0.39 is 125 Å². The summed E-state index contributed by atoms with van der Waals surface area (Å²) in [4.78, 5) is 79.7. The van der Waals surface area contributed by atoms with Crippen molar-refractivity contribution < 1.29 is 86.3 Å². The third kappa shape index (κ3) is 14.5. The molecule has 5 fully saturated rings. The standard InChI is InChI=1S/C60H87Cl2N3O18S/c1-15-45-60(10)47(51(55(71)83-60)84-23-22-77-44-25-37(16-17-43(44)73-12)42(66)26-38-39(61)29-63-30-40(38)62)33(4)48(67)31(2)27-59(9,75-14)53(82-56-49(68)41(24-32(3)78-56)64(11)57(72)65-18-20-76-21-19-65)34(5)50(35(6)54(70)80-45)81-46-28-58(8,74-13)52(69)36(7)79-46/h16-17,25,29-36,41,45-47,49-53,56,68-69H,15,18-24,26-28H2,1-14H3/t31-,32-,33-,34+,35-,36+,41+,45-,46+,47+,49-,50+,51?,52+,53-,56+,58-,59-,60-/m1/s1. The first-order valence-electron chi connectivity index (χ1n) is 29.0. The summed E-state index contributed by atoms with van der Waals surface area (Å²) in [5.41, 5.74) is -3.30. The molecule has 1 unspecified atom stereocenters. The van der Waals surface area contributed by atoms with Crippen molar-refractivity contribution in [3.8, 4) is 11.5 Å². The summed E-state index contributed by atoms with van der Waals surface area (Å²) in [6.45, 7) is 19.2. The summed E-state index contributed by atoms with van der Waals surface area (Å²) in [7, 11) is 6.10. The number of esters is 2. The molecular weight excluding hydrogens is 1150 g/mol. The first kappa shape index (κ1) is 67.6. The summed E-state index contributed by atoms with van der Waals surface area (Å²) >= 11 is 13.9. The molecule has 1 aromatic carbocycles. The first-order chi connectivity index (χ1) is 39.7. The second kappa shape index (κ2) is 28.5. The van der Waals surface area contributed by atoms with Crippen molar-refractivity contribution in [1.82, 2.24) is 14.8 Å². The zero-order valence-corrected chi connectivity index (χ0v) is 53.2. The summed E-state index contributed by atoms with van der Waals surface area (Å²) in [6.07, 6.45) is -6.11. The number of cyclic esters (lactones) is 1.